The van der Waals surface area contributed by atoms with E-state index in [-0.39, 0.29) is 11.8 Å². The third-order valence-corrected chi connectivity index (χ3v) is 4.79. The van der Waals surface area contributed by atoms with Crippen LogP contribution in [0.1, 0.15) is 38.5 Å². The largest absolute Gasteiger partial charge is 0.381 e. The molecule has 1 aliphatic heterocycles. The van der Waals surface area contributed by atoms with Gasteiger partial charge in [-0.05, 0) is 44.4 Å². The number of halogens is 1. The second-order valence-electron chi connectivity index (χ2n) is 5.28. The van der Waals surface area contributed by atoms with Crippen LogP contribution in [0.4, 0.5) is 0 Å². The highest BCUT2D eigenvalue weighted by molar-refractivity contribution is 9.09. The molecule has 1 N–H and O–H groups in total. The Kier molecular flexibility index (Phi) is 5.29. The third-order valence-electron chi connectivity index (χ3n) is 3.87. The van der Waals surface area contributed by atoms with Gasteiger partial charge in [0.1, 0.15) is 0 Å². The summed E-state index contributed by atoms with van der Waals surface area (Å²) in [5.74, 6) is 0.971. The predicted molar refractivity (Wildman–Crippen MR) is 71.2 cm³/mol. The smallest absolute Gasteiger partial charge is 0.225 e. The topological polar surface area (TPSA) is 38.3 Å². The molecule has 4 heteroatoms. The first-order chi connectivity index (χ1) is 8.25. The van der Waals surface area contributed by atoms with E-state index in [0.717, 1.165) is 26.0 Å². The summed E-state index contributed by atoms with van der Waals surface area (Å²) in [4.78, 5) is 12.6. The van der Waals surface area contributed by atoms with Crippen molar-refractivity contribution in [1.29, 1.82) is 0 Å². The molecule has 1 saturated carbocycles. The summed E-state index contributed by atoms with van der Waals surface area (Å²) >= 11 is 3.65. The lowest BCUT2D eigenvalue weighted by Gasteiger charge is -2.27. The second-order valence-corrected chi connectivity index (χ2v) is 6.57. The van der Waals surface area contributed by atoms with E-state index in [2.05, 4.69) is 21.2 Å². The number of ether oxygens (including phenoxy) is 1. The molecule has 1 aliphatic carbocycles. The molecule has 0 aromatic rings. The molecule has 3 nitrogen and oxygen atoms in total. The van der Waals surface area contributed by atoms with Crippen LogP contribution in [0.25, 0.3) is 0 Å². The van der Waals surface area contributed by atoms with Gasteiger partial charge in [-0.15, -0.1) is 0 Å². The van der Waals surface area contributed by atoms with Crippen molar-refractivity contribution in [2.24, 2.45) is 11.8 Å². The molecule has 0 aromatic carbocycles. The summed E-state index contributed by atoms with van der Waals surface area (Å²) in [6.45, 7) is 2.29. The Balaban J connectivity index is 1.65. The van der Waals surface area contributed by atoms with E-state index in [9.17, 15) is 4.79 Å². The van der Waals surface area contributed by atoms with Crippen LogP contribution in [0.3, 0.4) is 0 Å². The average Bonchev–Trinajstić information content (AvgIpc) is 2.39. The van der Waals surface area contributed by atoms with Crippen molar-refractivity contribution in [3.05, 3.63) is 0 Å². The van der Waals surface area contributed by atoms with Crippen LogP contribution in [0.2, 0.25) is 0 Å². The maximum Gasteiger partial charge on any atom is 0.225 e. The minimum atomic E-state index is 0.0938. The van der Waals surface area contributed by atoms with Gasteiger partial charge in [0.25, 0.3) is 0 Å². The standard InChI is InChI=1S/C13H22BrNO2/c14-12-5-3-10(4-6-12)8-15-13(16)11-2-1-7-17-9-11/h10-12H,1-9H2,(H,15,16). The Morgan fingerprint density at radius 3 is 2.65 bits per heavy atom. The Morgan fingerprint density at radius 1 is 1.24 bits per heavy atom. The summed E-state index contributed by atoms with van der Waals surface area (Å²) in [6, 6.07) is 0. The van der Waals surface area contributed by atoms with Crippen molar-refractivity contribution < 1.29 is 9.53 Å². The van der Waals surface area contributed by atoms with Crippen molar-refractivity contribution in [3.63, 3.8) is 0 Å². The molecular weight excluding hydrogens is 282 g/mol. The quantitative estimate of drug-likeness (QED) is 0.814. The molecule has 2 fully saturated rings. The number of carbonyl (C=O) groups is 1. The molecule has 1 heterocycles. The fourth-order valence-electron chi connectivity index (χ4n) is 2.66. The number of alkyl halides is 1. The summed E-state index contributed by atoms with van der Waals surface area (Å²) in [7, 11) is 0. The lowest BCUT2D eigenvalue weighted by molar-refractivity contribution is -0.129. The zero-order chi connectivity index (χ0) is 12.1. The Labute approximate surface area is 112 Å². The summed E-state index contributed by atoms with van der Waals surface area (Å²) in [5, 5.41) is 3.10. The van der Waals surface area contributed by atoms with Crippen LogP contribution in [0.5, 0.6) is 0 Å². The number of hydrogen-bond acceptors (Lipinski definition) is 2. The molecular formula is C13H22BrNO2. The van der Waals surface area contributed by atoms with Crippen LogP contribution in [-0.2, 0) is 9.53 Å². The van der Waals surface area contributed by atoms with Gasteiger partial charge < -0.3 is 10.1 Å². The van der Waals surface area contributed by atoms with Crippen LogP contribution in [0, 0.1) is 11.8 Å². The molecule has 0 aromatic heterocycles. The number of hydrogen-bond donors (Lipinski definition) is 1. The van der Waals surface area contributed by atoms with Gasteiger partial charge in [-0.25, -0.2) is 0 Å². The number of rotatable bonds is 3. The second kappa shape index (κ2) is 6.74. The number of carbonyl (C=O) groups excluding carboxylic acids is 1. The van der Waals surface area contributed by atoms with Gasteiger partial charge in [-0.2, -0.15) is 0 Å². The van der Waals surface area contributed by atoms with E-state index in [1.807, 2.05) is 0 Å². The first-order valence-electron chi connectivity index (χ1n) is 6.75. The van der Waals surface area contributed by atoms with Crippen molar-refractivity contribution in [1.82, 2.24) is 5.32 Å². The lowest BCUT2D eigenvalue weighted by atomic mass is 9.89. The summed E-state index contributed by atoms with van der Waals surface area (Å²) < 4.78 is 5.34. The lowest BCUT2D eigenvalue weighted by Crippen LogP contribution is -2.38. The van der Waals surface area contributed by atoms with Gasteiger partial charge in [0, 0.05) is 18.0 Å². The summed E-state index contributed by atoms with van der Waals surface area (Å²) in [5.41, 5.74) is 0. The van der Waals surface area contributed by atoms with Crippen molar-refractivity contribution >= 4 is 21.8 Å². The zero-order valence-electron chi connectivity index (χ0n) is 10.3. The van der Waals surface area contributed by atoms with Crippen molar-refractivity contribution in [3.8, 4) is 0 Å². The van der Waals surface area contributed by atoms with Crippen molar-refractivity contribution in [2.45, 2.75) is 43.4 Å². The van der Waals surface area contributed by atoms with Crippen LogP contribution in [-0.4, -0.2) is 30.5 Å². The van der Waals surface area contributed by atoms with Gasteiger partial charge in [0.15, 0.2) is 0 Å². The van der Waals surface area contributed by atoms with Crippen LogP contribution in [0.15, 0.2) is 0 Å². The maximum atomic E-state index is 11.9. The van der Waals surface area contributed by atoms with E-state index in [1.54, 1.807) is 0 Å². The van der Waals surface area contributed by atoms with E-state index < -0.39 is 0 Å². The predicted octanol–water partition coefficient (Wildman–Crippen LogP) is 2.48. The molecule has 1 atom stereocenters. The monoisotopic (exact) mass is 303 g/mol. The van der Waals surface area contributed by atoms with Crippen LogP contribution >= 0.6 is 15.9 Å². The zero-order valence-corrected chi connectivity index (χ0v) is 11.9. The van der Waals surface area contributed by atoms with E-state index in [1.165, 1.54) is 25.7 Å². The minimum Gasteiger partial charge on any atom is -0.381 e. The highest BCUT2D eigenvalue weighted by atomic mass is 79.9. The fraction of sp³-hybridized carbons (Fsp3) is 0.923. The van der Waals surface area contributed by atoms with E-state index in [0.29, 0.717) is 17.4 Å². The molecule has 2 aliphatic rings. The first kappa shape index (κ1) is 13.3. The molecule has 0 bridgehead atoms. The van der Waals surface area contributed by atoms with Gasteiger partial charge in [0.2, 0.25) is 5.91 Å². The van der Waals surface area contributed by atoms with Gasteiger partial charge >= 0.3 is 0 Å². The van der Waals surface area contributed by atoms with Crippen molar-refractivity contribution in [2.75, 3.05) is 19.8 Å². The summed E-state index contributed by atoms with van der Waals surface area (Å²) in [6.07, 6.45) is 6.96. The third kappa shape index (κ3) is 4.25. The highest BCUT2D eigenvalue weighted by Gasteiger charge is 2.24. The molecule has 2 rings (SSSR count). The normalized spacial score (nSPS) is 34.3. The molecule has 17 heavy (non-hydrogen) atoms. The Hall–Kier alpha value is -0.0900. The minimum absolute atomic E-state index is 0.0938. The molecule has 1 unspecified atom stereocenters. The molecule has 0 spiro atoms. The van der Waals surface area contributed by atoms with Gasteiger partial charge in [0.05, 0.1) is 12.5 Å². The van der Waals surface area contributed by atoms with Gasteiger partial charge in [-0.1, -0.05) is 15.9 Å². The Bertz CT molecular complexity index is 246. The molecule has 98 valence electrons. The fourth-order valence-corrected chi connectivity index (χ4v) is 3.19. The highest BCUT2D eigenvalue weighted by Crippen LogP contribution is 2.28. The molecule has 1 saturated heterocycles. The van der Waals surface area contributed by atoms with Crippen LogP contribution < -0.4 is 5.32 Å². The first-order valence-corrected chi connectivity index (χ1v) is 7.67. The van der Waals surface area contributed by atoms with E-state index >= 15 is 0 Å². The number of nitrogens with one attached hydrogen (secondary N) is 1. The average molecular weight is 304 g/mol. The maximum absolute atomic E-state index is 11.9. The molecule has 1 amide bonds. The SMILES string of the molecule is O=C(NCC1CCC(Br)CC1)C1CCCOC1. The molecule has 0 radical (unpaired) electrons. The van der Waals surface area contributed by atoms with E-state index in [4.69, 9.17) is 4.74 Å². The number of amides is 1. The van der Waals surface area contributed by atoms with Gasteiger partial charge in [-0.3, -0.25) is 4.79 Å². The Morgan fingerprint density at radius 2 is 2.00 bits per heavy atom.